The Labute approximate surface area is 142 Å². The van der Waals surface area contributed by atoms with E-state index in [1.54, 1.807) is 12.1 Å². The van der Waals surface area contributed by atoms with Gasteiger partial charge in [0.15, 0.2) is 0 Å². The minimum absolute atomic E-state index is 0.0520. The SMILES string of the molecule is CCOC(=O)C[C@@H](OC(=O)C1CCc2cc(O)ccc2C1)C(F)(F)F. The lowest BCUT2D eigenvalue weighted by Crippen LogP contribution is -2.38. The number of benzene rings is 1. The fraction of sp³-hybridized carbons (Fsp3) is 0.529. The molecule has 0 spiro atoms. The average Bonchev–Trinajstić information content (AvgIpc) is 2.53. The minimum atomic E-state index is -4.85. The van der Waals surface area contributed by atoms with Gasteiger partial charge in [0.2, 0.25) is 6.10 Å². The molecule has 0 heterocycles. The Morgan fingerprint density at radius 3 is 2.68 bits per heavy atom. The third-order valence-electron chi connectivity index (χ3n) is 4.03. The second kappa shape index (κ2) is 7.76. The highest BCUT2D eigenvalue weighted by molar-refractivity contribution is 5.75. The molecular weight excluding hydrogens is 341 g/mol. The van der Waals surface area contributed by atoms with Crippen LogP contribution < -0.4 is 0 Å². The van der Waals surface area contributed by atoms with Gasteiger partial charge in [-0.1, -0.05) is 6.07 Å². The maximum atomic E-state index is 13.0. The van der Waals surface area contributed by atoms with Crippen LogP contribution in [0.15, 0.2) is 18.2 Å². The summed E-state index contributed by atoms with van der Waals surface area (Å²) >= 11 is 0. The summed E-state index contributed by atoms with van der Waals surface area (Å²) in [5, 5.41) is 9.44. The molecule has 138 valence electrons. The van der Waals surface area contributed by atoms with Crippen molar-refractivity contribution in [2.45, 2.75) is 44.9 Å². The Bertz CT molecular complexity index is 642. The van der Waals surface area contributed by atoms with Gasteiger partial charge in [-0.3, -0.25) is 9.59 Å². The zero-order chi connectivity index (χ0) is 18.6. The predicted octanol–water partition coefficient (Wildman–Crippen LogP) is 2.92. The van der Waals surface area contributed by atoms with Crippen molar-refractivity contribution in [3.05, 3.63) is 29.3 Å². The molecule has 0 saturated heterocycles. The van der Waals surface area contributed by atoms with Crippen LogP contribution in [-0.4, -0.2) is 35.9 Å². The Balaban J connectivity index is 2.03. The first-order chi connectivity index (χ1) is 11.7. The van der Waals surface area contributed by atoms with Crippen LogP contribution in [0.4, 0.5) is 13.2 Å². The van der Waals surface area contributed by atoms with Gasteiger partial charge >= 0.3 is 18.1 Å². The van der Waals surface area contributed by atoms with Gasteiger partial charge in [0.25, 0.3) is 0 Å². The number of halogens is 3. The molecule has 0 bridgehead atoms. The molecule has 8 heteroatoms. The summed E-state index contributed by atoms with van der Waals surface area (Å²) in [5.74, 6) is -2.66. The van der Waals surface area contributed by atoms with Crippen molar-refractivity contribution in [2.24, 2.45) is 5.92 Å². The Kier molecular flexibility index (Phi) is 5.92. The third-order valence-corrected chi connectivity index (χ3v) is 4.03. The molecule has 0 radical (unpaired) electrons. The molecule has 0 aromatic heterocycles. The van der Waals surface area contributed by atoms with Crippen LogP contribution in [0.25, 0.3) is 0 Å². The highest BCUT2D eigenvalue weighted by Crippen LogP contribution is 2.31. The second-order valence-corrected chi connectivity index (χ2v) is 5.87. The molecule has 25 heavy (non-hydrogen) atoms. The molecule has 1 unspecified atom stereocenters. The number of aryl methyl sites for hydroxylation is 1. The monoisotopic (exact) mass is 360 g/mol. The van der Waals surface area contributed by atoms with Crippen molar-refractivity contribution in [1.82, 2.24) is 0 Å². The van der Waals surface area contributed by atoms with E-state index in [1.165, 1.54) is 13.0 Å². The van der Waals surface area contributed by atoms with Crippen LogP contribution in [0.3, 0.4) is 0 Å². The van der Waals surface area contributed by atoms with Crippen LogP contribution in [-0.2, 0) is 31.9 Å². The number of phenolic OH excluding ortho intramolecular Hbond substituents is 1. The van der Waals surface area contributed by atoms with Gasteiger partial charge in [-0.25, -0.2) is 0 Å². The summed E-state index contributed by atoms with van der Waals surface area (Å²) in [6.07, 6.45) is -7.41. The smallest absolute Gasteiger partial charge is 0.426 e. The van der Waals surface area contributed by atoms with Gasteiger partial charge in [0, 0.05) is 0 Å². The van der Waals surface area contributed by atoms with Crippen molar-refractivity contribution in [2.75, 3.05) is 6.61 Å². The normalized spacial score (nSPS) is 18.2. The average molecular weight is 360 g/mol. The van der Waals surface area contributed by atoms with Crippen LogP contribution in [0.5, 0.6) is 5.75 Å². The number of hydrogen-bond acceptors (Lipinski definition) is 5. The summed E-state index contributed by atoms with van der Waals surface area (Å²) < 4.78 is 48.2. The standard InChI is InChI=1S/C17H19F3O5/c1-2-24-15(22)9-14(17(18,19)20)25-16(23)12-4-3-11-8-13(21)6-5-10(11)7-12/h5-6,8,12,14,21H,2-4,7,9H2,1H3/t12?,14-/m1/s1. The highest BCUT2D eigenvalue weighted by Gasteiger charge is 2.45. The van der Waals surface area contributed by atoms with E-state index in [1.807, 2.05) is 0 Å². The Morgan fingerprint density at radius 1 is 1.32 bits per heavy atom. The number of esters is 2. The maximum Gasteiger partial charge on any atom is 0.426 e. The van der Waals surface area contributed by atoms with Crippen molar-refractivity contribution >= 4 is 11.9 Å². The van der Waals surface area contributed by atoms with Crippen molar-refractivity contribution in [3.8, 4) is 5.75 Å². The number of fused-ring (bicyclic) bond motifs is 1. The van der Waals surface area contributed by atoms with Crippen LogP contribution in [0.1, 0.15) is 30.9 Å². The van der Waals surface area contributed by atoms with Crippen molar-refractivity contribution in [3.63, 3.8) is 0 Å². The maximum absolute atomic E-state index is 13.0. The Hall–Kier alpha value is -2.25. The molecule has 1 aromatic carbocycles. The van der Waals surface area contributed by atoms with E-state index in [4.69, 9.17) is 0 Å². The van der Waals surface area contributed by atoms with Crippen LogP contribution in [0.2, 0.25) is 0 Å². The summed E-state index contributed by atoms with van der Waals surface area (Å²) in [4.78, 5) is 23.5. The topological polar surface area (TPSA) is 72.8 Å². The lowest BCUT2D eigenvalue weighted by Gasteiger charge is -2.26. The number of hydrogen-bond donors (Lipinski definition) is 1. The van der Waals surface area contributed by atoms with E-state index in [9.17, 15) is 27.9 Å². The molecule has 0 aliphatic heterocycles. The van der Waals surface area contributed by atoms with Gasteiger partial charge < -0.3 is 14.6 Å². The van der Waals surface area contributed by atoms with E-state index in [0.29, 0.717) is 12.8 Å². The quantitative estimate of drug-likeness (QED) is 0.818. The number of carbonyl (C=O) groups excluding carboxylic acids is 2. The molecule has 2 atom stereocenters. The van der Waals surface area contributed by atoms with Gasteiger partial charge in [-0.2, -0.15) is 13.2 Å². The molecule has 0 amide bonds. The fourth-order valence-corrected chi connectivity index (χ4v) is 2.77. The number of rotatable bonds is 5. The summed E-state index contributed by atoms with van der Waals surface area (Å²) in [7, 11) is 0. The molecule has 1 aliphatic rings. The lowest BCUT2D eigenvalue weighted by atomic mass is 9.84. The molecule has 0 fully saturated rings. The van der Waals surface area contributed by atoms with Gasteiger partial charge in [-0.15, -0.1) is 0 Å². The molecule has 2 rings (SSSR count). The molecular formula is C17H19F3O5. The molecule has 1 N–H and O–H groups in total. The van der Waals surface area contributed by atoms with Gasteiger partial charge in [0.05, 0.1) is 18.9 Å². The predicted molar refractivity (Wildman–Crippen MR) is 80.8 cm³/mol. The van der Waals surface area contributed by atoms with E-state index in [0.717, 1.165) is 11.1 Å². The van der Waals surface area contributed by atoms with E-state index < -0.39 is 36.6 Å². The summed E-state index contributed by atoms with van der Waals surface area (Å²) in [6.45, 7) is 1.42. The number of aromatic hydroxyl groups is 1. The van der Waals surface area contributed by atoms with Crippen LogP contribution >= 0.6 is 0 Å². The van der Waals surface area contributed by atoms with E-state index in [-0.39, 0.29) is 18.8 Å². The number of ether oxygens (including phenoxy) is 2. The first-order valence-electron chi connectivity index (χ1n) is 7.94. The van der Waals surface area contributed by atoms with Gasteiger partial charge in [-0.05, 0) is 49.4 Å². The number of carbonyl (C=O) groups is 2. The highest BCUT2D eigenvalue weighted by atomic mass is 19.4. The zero-order valence-corrected chi connectivity index (χ0v) is 13.6. The zero-order valence-electron chi connectivity index (χ0n) is 13.6. The van der Waals surface area contributed by atoms with Crippen molar-refractivity contribution < 1.29 is 37.3 Å². The summed E-state index contributed by atoms with van der Waals surface area (Å²) in [6, 6.07) is 4.69. The lowest BCUT2D eigenvalue weighted by molar-refractivity contribution is -0.226. The first-order valence-corrected chi connectivity index (χ1v) is 7.94. The van der Waals surface area contributed by atoms with E-state index >= 15 is 0 Å². The molecule has 1 aromatic rings. The van der Waals surface area contributed by atoms with E-state index in [2.05, 4.69) is 9.47 Å². The minimum Gasteiger partial charge on any atom is -0.508 e. The van der Waals surface area contributed by atoms with Gasteiger partial charge in [0.1, 0.15) is 5.75 Å². The molecule has 5 nitrogen and oxygen atoms in total. The summed E-state index contributed by atoms with van der Waals surface area (Å²) in [5.41, 5.74) is 1.66. The first kappa shape index (κ1) is 19.1. The third kappa shape index (κ3) is 5.11. The van der Waals surface area contributed by atoms with Crippen LogP contribution in [0, 0.1) is 5.92 Å². The second-order valence-electron chi connectivity index (χ2n) is 5.87. The number of phenols is 1. The molecule has 0 saturated carbocycles. The largest absolute Gasteiger partial charge is 0.508 e. The van der Waals surface area contributed by atoms with Crippen molar-refractivity contribution in [1.29, 1.82) is 0 Å². The molecule has 1 aliphatic carbocycles. The Morgan fingerprint density at radius 2 is 2.04 bits per heavy atom. The fourth-order valence-electron chi connectivity index (χ4n) is 2.77. The number of alkyl halides is 3.